The van der Waals surface area contributed by atoms with Crippen molar-refractivity contribution in [3.8, 4) is 0 Å². The van der Waals surface area contributed by atoms with E-state index in [9.17, 15) is 17.6 Å². The van der Waals surface area contributed by atoms with Gasteiger partial charge in [-0.15, -0.1) is 0 Å². The molecular formula is C16H15F4N. The van der Waals surface area contributed by atoms with Crippen LogP contribution in [0.4, 0.5) is 17.6 Å². The molecule has 2 aromatic rings. The van der Waals surface area contributed by atoms with E-state index < -0.39 is 35.4 Å². The second-order valence-corrected chi connectivity index (χ2v) is 4.92. The molecule has 5 heteroatoms. The zero-order valence-electron chi connectivity index (χ0n) is 11.6. The first-order valence-corrected chi connectivity index (χ1v) is 6.55. The Morgan fingerprint density at radius 3 is 2.19 bits per heavy atom. The normalized spacial score (nSPS) is 14.0. The standard InChI is InChI=1S/C16H15F4N/c1-9(12-4-3-5-15(19)16(12)20)21-10(2)13-8-11(17)6-7-14(13)18/h3-10,21H,1-2H3. The van der Waals surface area contributed by atoms with Gasteiger partial charge in [-0.2, -0.15) is 0 Å². The SMILES string of the molecule is CC(NC(C)c1cccc(F)c1F)c1cc(F)ccc1F. The highest BCUT2D eigenvalue weighted by Gasteiger charge is 2.18. The number of nitrogens with one attached hydrogen (secondary N) is 1. The summed E-state index contributed by atoms with van der Waals surface area (Å²) in [4.78, 5) is 0. The van der Waals surface area contributed by atoms with Gasteiger partial charge in [-0.3, -0.25) is 0 Å². The molecule has 112 valence electrons. The van der Waals surface area contributed by atoms with E-state index in [2.05, 4.69) is 5.32 Å². The summed E-state index contributed by atoms with van der Waals surface area (Å²) in [5.74, 6) is -2.98. The molecule has 0 heterocycles. The average molecular weight is 297 g/mol. The number of halogens is 4. The molecule has 0 aliphatic carbocycles. The minimum atomic E-state index is -0.940. The van der Waals surface area contributed by atoms with Gasteiger partial charge >= 0.3 is 0 Å². The molecule has 0 aliphatic heterocycles. The topological polar surface area (TPSA) is 12.0 Å². The van der Waals surface area contributed by atoms with Crippen molar-refractivity contribution in [1.29, 1.82) is 0 Å². The van der Waals surface area contributed by atoms with Gasteiger partial charge in [0.1, 0.15) is 11.6 Å². The highest BCUT2D eigenvalue weighted by molar-refractivity contribution is 5.25. The molecule has 2 aromatic carbocycles. The van der Waals surface area contributed by atoms with E-state index in [-0.39, 0.29) is 11.1 Å². The third kappa shape index (κ3) is 3.42. The molecule has 2 unspecified atom stereocenters. The maximum absolute atomic E-state index is 13.7. The molecule has 0 saturated heterocycles. The van der Waals surface area contributed by atoms with E-state index in [1.165, 1.54) is 12.1 Å². The fraction of sp³-hybridized carbons (Fsp3) is 0.250. The van der Waals surface area contributed by atoms with Gasteiger partial charge in [-0.1, -0.05) is 12.1 Å². The van der Waals surface area contributed by atoms with E-state index in [0.29, 0.717) is 0 Å². The Hall–Kier alpha value is -1.88. The van der Waals surface area contributed by atoms with Crippen LogP contribution in [0.25, 0.3) is 0 Å². The van der Waals surface area contributed by atoms with E-state index in [0.717, 1.165) is 24.3 Å². The van der Waals surface area contributed by atoms with Gasteiger partial charge in [0.15, 0.2) is 11.6 Å². The van der Waals surface area contributed by atoms with Crippen LogP contribution >= 0.6 is 0 Å². The van der Waals surface area contributed by atoms with Crippen molar-refractivity contribution in [1.82, 2.24) is 5.32 Å². The van der Waals surface area contributed by atoms with E-state index >= 15 is 0 Å². The summed E-state index contributed by atoms with van der Waals surface area (Å²) in [6.45, 7) is 3.26. The summed E-state index contributed by atoms with van der Waals surface area (Å²) in [5.41, 5.74) is 0.275. The van der Waals surface area contributed by atoms with Gasteiger partial charge in [0.05, 0.1) is 0 Å². The zero-order chi connectivity index (χ0) is 15.6. The second-order valence-electron chi connectivity index (χ2n) is 4.92. The van der Waals surface area contributed by atoms with Gasteiger partial charge in [-0.25, -0.2) is 17.6 Å². The molecule has 0 aromatic heterocycles. The fourth-order valence-electron chi connectivity index (χ4n) is 2.26. The summed E-state index contributed by atoms with van der Waals surface area (Å²) < 4.78 is 53.8. The lowest BCUT2D eigenvalue weighted by Gasteiger charge is -2.21. The van der Waals surface area contributed by atoms with E-state index in [4.69, 9.17) is 0 Å². The molecule has 0 amide bonds. The Kier molecular flexibility index (Phi) is 4.63. The van der Waals surface area contributed by atoms with Crippen molar-refractivity contribution >= 4 is 0 Å². The molecule has 0 radical (unpaired) electrons. The van der Waals surface area contributed by atoms with Crippen LogP contribution in [-0.2, 0) is 0 Å². The van der Waals surface area contributed by atoms with Gasteiger partial charge in [-0.05, 0) is 38.1 Å². The second kappa shape index (κ2) is 6.26. The van der Waals surface area contributed by atoms with Gasteiger partial charge in [0.25, 0.3) is 0 Å². The van der Waals surface area contributed by atoms with Crippen LogP contribution in [0.1, 0.15) is 37.1 Å². The van der Waals surface area contributed by atoms with Crippen LogP contribution in [0, 0.1) is 23.3 Å². The first kappa shape index (κ1) is 15.5. The quantitative estimate of drug-likeness (QED) is 0.810. The molecule has 1 N–H and O–H groups in total. The maximum atomic E-state index is 13.7. The summed E-state index contributed by atoms with van der Waals surface area (Å²) in [6.07, 6.45) is 0. The van der Waals surface area contributed by atoms with Crippen LogP contribution < -0.4 is 5.32 Å². The number of benzene rings is 2. The summed E-state index contributed by atoms with van der Waals surface area (Å²) in [7, 11) is 0. The molecule has 0 fully saturated rings. The largest absolute Gasteiger partial charge is 0.303 e. The molecule has 21 heavy (non-hydrogen) atoms. The van der Waals surface area contributed by atoms with Crippen molar-refractivity contribution in [3.63, 3.8) is 0 Å². The van der Waals surface area contributed by atoms with Crippen molar-refractivity contribution < 1.29 is 17.6 Å². The minimum Gasteiger partial charge on any atom is -0.303 e. The Labute approximate surface area is 120 Å². The summed E-state index contributed by atoms with van der Waals surface area (Å²) >= 11 is 0. The van der Waals surface area contributed by atoms with Gasteiger partial charge < -0.3 is 5.32 Å². The lowest BCUT2D eigenvalue weighted by molar-refractivity contribution is 0.439. The third-order valence-electron chi connectivity index (χ3n) is 3.37. The Morgan fingerprint density at radius 1 is 0.810 bits per heavy atom. The molecule has 0 aliphatic rings. The Balaban J connectivity index is 2.21. The highest BCUT2D eigenvalue weighted by atomic mass is 19.2. The van der Waals surface area contributed by atoms with Gasteiger partial charge in [0.2, 0.25) is 0 Å². The Bertz CT molecular complexity index is 636. The summed E-state index contributed by atoms with van der Waals surface area (Å²) in [6, 6.07) is 5.92. The third-order valence-corrected chi connectivity index (χ3v) is 3.37. The summed E-state index contributed by atoms with van der Waals surface area (Å²) in [5, 5.41) is 2.94. The molecule has 0 bridgehead atoms. The number of hydrogen-bond acceptors (Lipinski definition) is 1. The van der Waals surface area contributed by atoms with Crippen LogP contribution in [0.15, 0.2) is 36.4 Å². The average Bonchev–Trinajstić information content (AvgIpc) is 2.44. The van der Waals surface area contributed by atoms with Crippen LogP contribution in [0.2, 0.25) is 0 Å². The monoisotopic (exact) mass is 297 g/mol. The van der Waals surface area contributed by atoms with Crippen molar-refractivity contribution in [2.75, 3.05) is 0 Å². The fourth-order valence-corrected chi connectivity index (χ4v) is 2.26. The predicted molar refractivity (Wildman–Crippen MR) is 72.7 cm³/mol. The highest BCUT2D eigenvalue weighted by Crippen LogP contribution is 2.24. The first-order valence-electron chi connectivity index (χ1n) is 6.55. The Morgan fingerprint density at radius 2 is 1.48 bits per heavy atom. The maximum Gasteiger partial charge on any atom is 0.163 e. The van der Waals surface area contributed by atoms with Crippen LogP contribution in [-0.4, -0.2) is 0 Å². The molecular weight excluding hydrogens is 282 g/mol. The van der Waals surface area contributed by atoms with Crippen LogP contribution in [0.3, 0.4) is 0 Å². The zero-order valence-corrected chi connectivity index (χ0v) is 11.6. The molecule has 0 spiro atoms. The molecule has 1 nitrogen and oxygen atoms in total. The van der Waals surface area contributed by atoms with Crippen LogP contribution in [0.5, 0.6) is 0 Å². The predicted octanol–water partition coefficient (Wildman–Crippen LogP) is 4.65. The molecule has 0 saturated carbocycles. The van der Waals surface area contributed by atoms with Gasteiger partial charge in [0, 0.05) is 23.2 Å². The van der Waals surface area contributed by atoms with Crippen molar-refractivity contribution in [3.05, 3.63) is 70.8 Å². The smallest absolute Gasteiger partial charge is 0.163 e. The lowest BCUT2D eigenvalue weighted by Crippen LogP contribution is -2.24. The number of hydrogen-bond donors (Lipinski definition) is 1. The van der Waals surface area contributed by atoms with E-state index in [1.54, 1.807) is 13.8 Å². The van der Waals surface area contributed by atoms with Crippen molar-refractivity contribution in [2.45, 2.75) is 25.9 Å². The lowest BCUT2D eigenvalue weighted by atomic mass is 10.0. The molecule has 2 atom stereocenters. The van der Waals surface area contributed by atoms with Crippen molar-refractivity contribution in [2.24, 2.45) is 0 Å². The molecule has 2 rings (SSSR count). The minimum absolute atomic E-state index is 0.138. The number of rotatable bonds is 4. The first-order chi connectivity index (χ1) is 9.90. The van der Waals surface area contributed by atoms with E-state index in [1.807, 2.05) is 0 Å².